The summed E-state index contributed by atoms with van der Waals surface area (Å²) in [7, 11) is 0. The number of Topliss-reactive ketones (excluding diaryl/α,β-unsaturated/α-hetero) is 1. The van der Waals surface area contributed by atoms with Crippen LogP contribution in [0.5, 0.6) is 0 Å². The molecule has 1 nitrogen and oxygen atoms in total. The maximum atomic E-state index is 11.1. The van der Waals surface area contributed by atoms with Crippen LogP contribution in [0.2, 0.25) is 0 Å². The minimum Gasteiger partial charge on any atom is -0.298 e. The van der Waals surface area contributed by atoms with Crippen LogP contribution < -0.4 is 0 Å². The van der Waals surface area contributed by atoms with Crippen molar-refractivity contribution in [2.75, 3.05) is 5.33 Å². The van der Waals surface area contributed by atoms with Gasteiger partial charge in [0.15, 0.2) is 0 Å². The van der Waals surface area contributed by atoms with E-state index in [1.807, 2.05) is 0 Å². The lowest BCUT2D eigenvalue weighted by atomic mass is 10.1. The van der Waals surface area contributed by atoms with Crippen molar-refractivity contribution in [3.8, 4) is 0 Å². The van der Waals surface area contributed by atoms with Crippen LogP contribution in [0.1, 0.15) is 26.7 Å². The highest BCUT2D eigenvalue weighted by Gasteiger charge is 2.41. The first-order valence-electron chi connectivity index (χ1n) is 4.23. The highest BCUT2D eigenvalue weighted by atomic mass is 79.9. The zero-order valence-electron chi connectivity index (χ0n) is 7.14. The van der Waals surface area contributed by atoms with Gasteiger partial charge in [0.05, 0.1) is 5.33 Å². The number of halogens is 1. The van der Waals surface area contributed by atoms with Gasteiger partial charge in [0.25, 0.3) is 0 Å². The molecule has 0 spiro atoms. The highest BCUT2D eigenvalue weighted by Crippen LogP contribution is 2.43. The lowest BCUT2D eigenvalue weighted by Crippen LogP contribution is -2.04. The summed E-state index contributed by atoms with van der Waals surface area (Å²) in [6, 6.07) is 0. The first-order chi connectivity index (χ1) is 5.15. The number of hydrogen-bond acceptors (Lipinski definition) is 1. The summed E-state index contributed by atoms with van der Waals surface area (Å²) in [5.74, 6) is 2.25. The summed E-state index contributed by atoms with van der Waals surface area (Å²) in [6.07, 6.45) is 2.37. The molecule has 0 radical (unpaired) electrons. The molecule has 2 atom stereocenters. The van der Waals surface area contributed by atoms with Gasteiger partial charge in [-0.05, 0) is 24.7 Å². The van der Waals surface area contributed by atoms with Crippen molar-refractivity contribution in [1.82, 2.24) is 0 Å². The predicted octanol–water partition coefficient (Wildman–Crippen LogP) is 2.63. The molecule has 0 saturated heterocycles. The van der Waals surface area contributed by atoms with E-state index < -0.39 is 0 Å². The fourth-order valence-electron chi connectivity index (χ4n) is 1.61. The number of carbonyl (C=O) groups excluding carboxylic acids is 1. The Kier molecular flexibility index (Phi) is 3.11. The third kappa shape index (κ3) is 2.58. The monoisotopic (exact) mass is 218 g/mol. The molecule has 2 heteroatoms. The van der Waals surface area contributed by atoms with Gasteiger partial charge in [-0.2, -0.15) is 0 Å². The van der Waals surface area contributed by atoms with Crippen molar-refractivity contribution in [3.05, 3.63) is 0 Å². The van der Waals surface area contributed by atoms with E-state index in [-0.39, 0.29) is 0 Å². The van der Waals surface area contributed by atoms with Gasteiger partial charge in [-0.3, -0.25) is 4.79 Å². The topological polar surface area (TPSA) is 17.1 Å². The molecule has 1 saturated carbocycles. The van der Waals surface area contributed by atoms with Crippen molar-refractivity contribution in [2.24, 2.45) is 17.8 Å². The number of alkyl halides is 1. The van der Waals surface area contributed by atoms with E-state index in [1.165, 1.54) is 6.42 Å². The van der Waals surface area contributed by atoms with E-state index in [0.29, 0.717) is 22.9 Å². The summed E-state index contributed by atoms with van der Waals surface area (Å²) in [5, 5.41) is 0.548. The van der Waals surface area contributed by atoms with Gasteiger partial charge in [-0.15, -0.1) is 0 Å². The van der Waals surface area contributed by atoms with Crippen molar-refractivity contribution in [2.45, 2.75) is 26.7 Å². The van der Waals surface area contributed by atoms with Crippen LogP contribution in [0, 0.1) is 17.8 Å². The molecule has 1 aliphatic rings. The van der Waals surface area contributed by atoms with Crippen LogP contribution in [-0.4, -0.2) is 11.1 Å². The van der Waals surface area contributed by atoms with E-state index in [4.69, 9.17) is 0 Å². The highest BCUT2D eigenvalue weighted by molar-refractivity contribution is 9.09. The van der Waals surface area contributed by atoms with Crippen LogP contribution in [-0.2, 0) is 4.79 Å². The van der Waals surface area contributed by atoms with Crippen LogP contribution in [0.3, 0.4) is 0 Å². The maximum Gasteiger partial charge on any atom is 0.146 e. The molecule has 0 bridgehead atoms. The average molecular weight is 219 g/mol. The van der Waals surface area contributed by atoms with Crippen molar-refractivity contribution >= 4 is 21.7 Å². The fraction of sp³-hybridized carbons (Fsp3) is 0.889. The van der Waals surface area contributed by atoms with E-state index in [9.17, 15) is 4.79 Å². The second-order valence-electron chi connectivity index (χ2n) is 3.83. The van der Waals surface area contributed by atoms with Crippen molar-refractivity contribution in [1.29, 1.82) is 0 Å². The summed E-state index contributed by atoms with van der Waals surface area (Å²) < 4.78 is 0. The molecule has 64 valence electrons. The average Bonchev–Trinajstić information content (AvgIpc) is 2.65. The normalized spacial score (nSPS) is 29.1. The molecule has 0 heterocycles. The predicted molar refractivity (Wildman–Crippen MR) is 49.9 cm³/mol. The number of rotatable bonds is 4. The van der Waals surface area contributed by atoms with E-state index in [1.54, 1.807) is 0 Å². The Balaban J connectivity index is 2.21. The van der Waals surface area contributed by atoms with Gasteiger partial charge >= 0.3 is 0 Å². The summed E-state index contributed by atoms with van der Waals surface area (Å²) in [5.41, 5.74) is 0. The second kappa shape index (κ2) is 3.70. The van der Waals surface area contributed by atoms with Gasteiger partial charge in [-0.1, -0.05) is 29.8 Å². The molecular weight excluding hydrogens is 204 g/mol. The SMILES string of the molecule is CC(C)C[C@@H]1C[C@H]1C(=O)CBr. The van der Waals surface area contributed by atoms with E-state index in [0.717, 1.165) is 12.3 Å². The number of ketones is 1. The summed E-state index contributed by atoms with van der Waals surface area (Å²) in [6.45, 7) is 4.43. The Bertz CT molecular complexity index is 154. The molecule has 1 rings (SSSR count). The van der Waals surface area contributed by atoms with Crippen LogP contribution in [0.4, 0.5) is 0 Å². The Morgan fingerprint density at radius 3 is 2.73 bits per heavy atom. The smallest absolute Gasteiger partial charge is 0.146 e. The third-order valence-electron chi connectivity index (χ3n) is 2.24. The molecule has 0 amide bonds. The van der Waals surface area contributed by atoms with Crippen LogP contribution in [0.15, 0.2) is 0 Å². The van der Waals surface area contributed by atoms with Crippen LogP contribution >= 0.6 is 15.9 Å². The number of hydrogen-bond donors (Lipinski definition) is 0. The Labute approximate surface area is 76.7 Å². The fourth-order valence-corrected chi connectivity index (χ4v) is 2.02. The molecule has 11 heavy (non-hydrogen) atoms. The lowest BCUT2D eigenvalue weighted by molar-refractivity contribution is -0.118. The summed E-state index contributed by atoms with van der Waals surface area (Å²) >= 11 is 3.20. The quantitative estimate of drug-likeness (QED) is 0.664. The Morgan fingerprint density at radius 2 is 2.27 bits per heavy atom. The van der Waals surface area contributed by atoms with E-state index in [2.05, 4.69) is 29.8 Å². The maximum absolute atomic E-state index is 11.1. The van der Waals surface area contributed by atoms with Crippen molar-refractivity contribution < 1.29 is 4.79 Å². The largest absolute Gasteiger partial charge is 0.298 e. The van der Waals surface area contributed by atoms with Gasteiger partial charge < -0.3 is 0 Å². The first kappa shape index (κ1) is 9.24. The van der Waals surface area contributed by atoms with Crippen molar-refractivity contribution in [3.63, 3.8) is 0 Å². The molecule has 0 aromatic heterocycles. The molecule has 1 aliphatic carbocycles. The molecule has 0 aromatic rings. The van der Waals surface area contributed by atoms with Gasteiger partial charge in [-0.25, -0.2) is 0 Å². The zero-order valence-corrected chi connectivity index (χ0v) is 8.73. The molecule has 1 fully saturated rings. The number of carbonyl (C=O) groups is 1. The molecule has 0 aliphatic heterocycles. The Hall–Kier alpha value is 0.150. The molecular formula is C9H15BrO. The molecule has 0 unspecified atom stereocenters. The second-order valence-corrected chi connectivity index (χ2v) is 4.39. The third-order valence-corrected chi connectivity index (χ3v) is 2.79. The van der Waals surface area contributed by atoms with Gasteiger partial charge in [0.1, 0.15) is 5.78 Å². The minimum atomic E-state index is 0.399. The minimum absolute atomic E-state index is 0.399. The first-order valence-corrected chi connectivity index (χ1v) is 5.36. The molecule has 0 aromatic carbocycles. The lowest BCUT2D eigenvalue weighted by Gasteiger charge is -2.01. The van der Waals surface area contributed by atoms with Crippen LogP contribution in [0.25, 0.3) is 0 Å². The van der Waals surface area contributed by atoms with Gasteiger partial charge in [0, 0.05) is 5.92 Å². The summed E-state index contributed by atoms with van der Waals surface area (Å²) in [4.78, 5) is 11.1. The molecule has 0 N–H and O–H groups in total. The van der Waals surface area contributed by atoms with E-state index >= 15 is 0 Å². The van der Waals surface area contributed by atoms with Gasteiger partial charge in [0.2, 0.25) is 0 Å². The standard InChI is InChI=1S/C9H15BrO/c1-6(2)3-7-4-8(7)9(11)5-10/h6-8H,3-5H2,1-2H3/t7-,8-/m1/s1. The zero-order chi connectivity index (χ0) is 8.43. The Morgan fingerprint density at radius 1 is 1.64 bits per heavy atom.